The second-order valence-electron chi connectivity index (χ2n) is 4.47. The number of methoxy groups -OCH3 is 1. The van der Waals surface area contributed by atoms with E-state index in [1.807, 2.05) is 0 Å². The van der Waals surface area contributed by atoms with Crippen LogP contribution in [0.5, 0.6) is 11.5 Å². The highest BCUT2D eigenvalue weighted by Crippen LogP contribution is 2.37. The molecule has 0 saturated carbocycles. The van der Waals surface area contributed by atoms with E-state index >= 15 is 0 Å². The van der Waals surface area contributed by atoms with Gasteiger partial charge in [0, 0.05) is 7.11 Å². The van der Waals surface area contributed by atoms with Gasteiger partial charge in [0.2, 0.25) is 6.79 Å². The van der Waals surface area contributed by atoms with Crippen LogP contribution in [0.4, 0.5) is 0 Å². The maximum Gasteiger partial charge on any atom is 0.231 e. The van der Waals surface area contributed by atoms with Crippen LogP contribution in [0.15, 0.2) is 18.2 Å². The van der Waals surface area contributed by atoms with E-state index in [9.17, 15) is 9.59 Å². The van der Waals surface area contributed by atoms with Crippen molar-refractivity contribution < 1.29 is 23.8 Å². The molecule has 2 rings (SSSR count). The molecule has 0 saturated heterocycles. The van der Waals surface area contributed by atoms with Gasteiger partial charge in [0.05, 0.1) is 6.10 Å². The first-order valence-electron chi connectivity index (χ1n) is 5.98. The van der Waals surface area contributed by atoms with Crippen molar-refractivity contribution in [2.24, 2.45) is 5.92 Å². The number of carbonyl (C=O) groups excluding carboxylic acids is 2. The third-order valence-corrected chi connectivity index (χ3v) is 3.16. The van der Waals surface area contributed by atoms with Crippen molar-refractivity contribution in [3.63, 3.8) is 0 Å². The molecule has 1 aliphatic heterocycles. The lowest BCUT2D eigenvalue weighted by atomic mass is 9.89. The van der Waals surface area contributed by atoms with Crippen LogP contribution in [0, 0.1) is 5.92 Å². The minimum atomic E-state index is -0.801. The fraction of sp³-hybridized carbons (Fsp3) is 0.429. The van der Waals surface area contributed by atoms with E-state index in [-0.39, 0.29) is 18.4 Å². The molecule has 0 spiro atoms. The third-order valence-electron chi connectivity index (χ3n) is 3.16. The van der Waals surface area contributed by atoms with Gasteiger partial charge < -0.3 is 14.2 Å². The molecule has 0 amide bonds. The maximum absolute atomic E-state index is 11.6. The number of ether oxygens (including phenoxy) is 3. The minimum Gasteiger partial charge on any atom is -0.454 e. The lowest BCUT2D eigenvalue weighted by molar-refractivity contribution is -0.136. The molecule has 0 N–H and O–H groups in total. The van der Waals surface area contributed by atoms with Crippen LogP contribution in [0.25, 0.3) is 0 Å². The molecule has 5 heteroatoms. The highest BCUT2D eigenvalue weighted by Gasteiger charge is 2.32. The average molecular weight is 264 g/mol. The molecule has 1 aliphatic rings. The van der Waals surface area contributed by atoms with Gasteiger partial charge in [0.25, 0.3) is 0 Å². The van der Waals surface area contributed by atoms with Gasteiger partial charge >= 0.3 is 0 Å². The molecule has 102 valence electrons. The van der Waals surface area contributed by atoms with E-state index in [0.717, 1.165) is 5.56 Å². The zero-order chi connectivity index (χ0) is 14.0. The van der Waals surface area contributed by atoms with Gasteiger partial charge in [-0.3, -0.25) is 9.59 Å². The number of hydrogen-bond acceptors (Lipinski definition) is 5. The van der Waals surface area contributed by atoms with Gasteiger partial charge in [-0.25, -0.2) is 0 Å². The fourth-order valence-electron chi connectivity index (χ4n) is 2.27. The topological polar surface area (TPSA) is 61.8 Å². The summed E-state index contributed by atoms with van der Waals surface area (Å²) in [6.07, 6.45) is -0.607. The molecule has 0 radical (unpaired) electrons. The quantitative estimate of drug-likeness (QED) is 0.760. The smallest absolute Gasteiger partial charge is 0.231 e. The summed E-state index contributed by atoms with van der Waals surface area (Å²) in [4.78, 5) is 23.3. The molecular formula is C14H16O5. The number of fused-ring (bicyclic) bond motifs is 1. The van der Waals surface area contributed by atoms with Crippen molar-refractivity contribution in [1.29, 1.82) is 0 Å². The predicted molar refractivity (Wildman–Crippen MR) is 67.2 cm³/mol. The van der Waals surface area contributed by atoms with E-state index in [0.29, 0.717) is 11.5 Å². The number of Topliss-reactive ketones (excluding diaryl/α,β-unsaturated/α-hetero) is 2. The van der Waals surface area contributed by atoms with E-state index in [4.69, 9.17) is 14.2 Å². The Labute approximate surface area is 111 Å². The summed E-state index contributed by atoms with van der Waals surface area (Å²) in [6.45, 7) is 2.97. The molecule has 1 aromatic rings. The molecule has 0 aliphatic carbocycles. The van der Waals surface area contributed by atoms with E-state index in [1.54, 1.807) is 18.2 Å². The number of benzene rings is 1. The summed E-state index contributed by atoms with van der Waals surface area (Å²) >= 11 is 0. The number of ketones is 2. The Morgan fingerprint density at radius 2 is 1.79 bits per heavy atom. The Balaban J connectivity index is 2.36. The Bertz CT molecular complexity index is 495. The van der Waals surface area contributed by atoms with Crippen LogP contribution < -0.4 is 9.47 Å². The molecule has 5 nitrogen and oxygen atoms in total. The van der Waals surface area contributed by atoms with Crippen LogP contribution in [0.3, 0.4) is 0 Å². The molecule has 0 bridgehead atoms. The summed E-state index contributed by atoms with van der Waals surface area (Å²) in [6, 6.07) is 5.27. The van der Waals surface area contributed by atoms with Gasteiger partial charge in [-0.05, 0) is 31.5 Å². The fourth-order valence-corrected chi connectivity index (χ4v) is 2.27. The Morgan fingerprint density at radius 1 is 1.16 bits per heavy atom. The van der Waals surface area contributed by atoms with Crippen LogP contribution in [-0.4, -0.2) is 25.5 Å². The van der Waals surface area contributed by atoms with Crippen LogP contribution in [-0.2, 0) is 14.3 Å². The second-order valence-corrected chi connectivity index (χ2v) is 4.47. The van der Waals surface area contributed by atoms with Crippen molar-refractivity contribution in [3.05, 3.63) is 23.8 Å². The Kier molecular flexibility index (Phi) is 3.85. The number of rotatable bonds is 5. The summed E-state index contributed by atoms with van der Waals surface area (Å²) in [7, 11) is 1.48. The molecule has 1 unspecified atom stereocenters. The van der Waals surface area contributed by atoms with Crippen molar-refractivity contribution in [1.82, 2.24) is 0 Å². The first-order valence-corrected chi connectivity index (χ1v) is 5.98. The number of carbonyl (C=O) groups is 2. The summed E-state index contributed by atoms with van der Waals surface area (Å²) in [5.74, 6) is 0.0330. The van der Waals surface area contributed by atoms with Crippen LogP contribution in [0.2, 0.25) is 0 Å². The minimum absolute atomic E-state index is 0.180. The number of hydrogen-bond donors (Lipinski definition) is 0. The molecule has 0 aromatic heterocycles. The van der Waals surface area contributed by atoms with Gasteiger partial charge in [0.15, 0.2) is 11.5 Å². The SMILES string of the molecule is COC(c1ccc2c(c1)OCO2)C(C(C)=O)C(C)=O. The van der Waals surface area contributed by atoms with Gasteiger partial charge in [0.1, 0.15) is 17.5 Å². The molecule has 0 fully saturated rings. The average Bonchev–Trinajstić information content (AvgIpc) is 2.81. The molecule has 1 aromatic carbocycles. The van der Waals surface area contributed by atoms with Crippen molar-refractivity contribution in [2.75, 3.05) is 13.9 Å². The second kappa shape index (κ2) is 5.40. The van der Waals surface area contributed by atoms with Crippen molar-refractivity contribution >= 4 is 11.6 Å². The van der Waals surface area contributed by atoms with Crippen LogP contribution >= 0.6 is 0 Å². The highest BCUT2D eigenvalue weighted by atomic mass is 16.7. The van der Waals surface area contributed by atoms with E-state index in [1.165, 1.54) is 21.0 Å². The largest absolute Gasteiger partial charge is 0.454 e. The van der Waals surface area contributed by atoms with Crippen molar-refractivity contribution in [3.8, 4) is 11.5 Å². The predicted octanol–water partition coefficient (Wildman–Crippen LogP) is 1.90. The molecule has 1 heterocycles. The van der Waals surface area contributed by atoms with Gasteiger partial charge in [-0.2, -0.15) is 0 Å². The highest BCUT2D eigenvalue weighted by molar-refractivity contribution is 6.01. The summed E-state index contributed by atoms with van der Waals surface area (Å²) < 4.78 is 15.9. The zero-order valence-electron chi connectivity index (χ0n) is 11.1. The first-order chi connectivity index (χ1) is 9.04. The first kappa shape index (κ1) is 13.5. The summed E-state index contributed by atoms with van der Waals surface area (Å²) in [5, 5.41) is 0. The molecule has 1 atom stereocenters. The maximum atomic E-state index is 11.6. The Hall–Kier alpha value is -1.88. The zero-order valence-corrected chi connectivity index (χ0v) is 11.1. The van der Waals surface area contributed by atoms with E-state index < -0.39 is 12.0 Å². The third kappa shape index (κ3) is 2.61. The van der Waals surface area contributed by atoms with Gasteiger partial charge in [-0.15, -0.1) is 0 Å². The monoisotopic (exact) mass is 264 g/mol. The lowest BCUT2D eigenvalue weighted by Gasteiger charge is -2.22. The normalized spacial score (nSPS) is 14.5. The molecule has 19 heavy (non-hydrogen) atoms. The van der Waals surface area contributed by atoms with Crippen molar-refractivity contribution in [2.45, 2.75) is 20.0 Å². The lowest BCUT2D eigenvalue weighted by Crippen LogP contribution is -2.28. The standard InChI is InChI=1S/C14H16O5/c1-8(15)13(9(2)16)14(17-3)10-4-5-11-12(6-10)19-7-18-11/h4-6,13-14H,7H2,1-3H3. The Morgan fingerprint density at radius 3 is 2.37 bits per heavy atom. The van der Waals surface area contributed by atoms with Gasteiger partial charge in [-0.1, -0.05) is 6.07 Å². The molecular weight excluding hydrogens is 248 g/mol. The summed E-state index contributed by atoms with van der Waals surface area (Å²) in [5.41, 5.74) is 0.724. The van der Waals surface area contributed by atoms with Crippen LogP contribution in [0.1, 0.15) is 25.5 Å². The van der Waals surface area contributed by atoms with E-state index in [2.05, 4.69) is 0 Å².